The molecule has 162 valence electrons. The Labute approximate surface area is 177 Å². The van der Waals surface area contributed by atoms with E-state index in [-0.39, 0.29) is 30.7 Å². The van der Waals surface area contributed by atoms with Crippen molar-refractivity contribution in [2.45, 2.75) is 58.5 Å². The number of likely N-dealkylation sites (N-methyl/N-ethyl adjacent to an activating group) is 1. The molecule has 0 spiro atoms. The van der Waals surface area contributed by atoms with Crippen molar-refractivity contribution < 1.29 is 14.6 Å². The molecule has 1 amide bonds. The van der Waals surface area contributed by atoms with E-state index in [1.54, 1.807) is 18.3 Å². The number of carbonyl (C=O) groups excluding carboxylic acids is 1. The van der Waals surface area contributed by atoms with Gasteiger partial charge in [-0.1, -0.05) is 0 Å². The lowest BCUT2D eigenvalue weighted by atomic mass is 10.1. The zero-order valence-corrected chi connectivity index (χ0v) is 18.4. The van der Waals surface area contributed by atoms with Crippen LogP contribution in [0.25, 0.3) is 11.5 Å². The molecule has 0 aliphatic heterocycles. The van der Waals surface area contributed by atoms with Crippen molar-refractivity contribution in [3.8, 4) is 17.3 Å². The van der Waals surface area contributed by atoms with Crippen molar-refractivity contribution in [2.24, 2.45) is 0 Å². The maximum Gasteiger partial charge on any atom is 0.242 e. The molecule has 0 saturated heterocycles. The zero-order chi connectivity index (χ0) is 21.9. The summed E-state index contributed by atoms with van der Waals surface area (Å²) in [6.45, 7) is 7.94. The van der Waals surface area contributed by atoms with Crippen LogP contribution in [0.3, 0.4) is 0 Å². The molecule has 1 atom stereocenters. The predicted molar refractivity (Wildman–Crippen MR) is 116 cm³/mol. The first kappa shape index (κ1) is 22.0. The number of aromatic nitrogens is 3. The average molecular weight is 414 g/mol. The molecule has 2 aromatic heterocycles. The van der Waals surface area contributed by atoms with Crippen molar-refractivity contribution in [3.63, 3.8) is 0 Å². The first-order chi connectivity index (χ1) is 14.2. The molecule has 2 aromatic rings. The number of rotatable bonds is 7. The van der Waals surface area contributed by atoms with E-state index in [1.165, 1.54) is 0 Å². The number of pyridine rings is 1. The third-order valence-electron chi connectivity index (χ3n) is 5.02. The Hall–Kier alpha value is -2.74. The summed E-state index contributed by atoms with van der Waals surface area (Å²) in [5.74, 6) is 1.84. The van der Waals surface area contributed by atoms with Gasteiger partial charge in [-0.2, -0.15) is 0 Å². The minimum absolute atomic E-state index is 0.0468. The molecule has 0 fully saturated rings. The van der Waals surface area contributed by atoms with Crippen molar-refractivity contribution in [3.05, 3.63) is 29.6 Å². The molecular formula is C22H31N5O3. The van der Waals surface area contributed by atoms with Crippen LogP contribution >= 0.6 is 0 Å². The number of aliphatic hydroxyl groups excluding tert-OH is 1. The maximum atomic E-state index is 12.7. The van der Waals surface area contributed by atoms with Crippen LogP contribution in [0.15, 0.2) is 18.3 Å². The lowest BCUT2D eigenvalue weighted by Gasteiger charge is -2.30. The van der Waals surface area contributed by atoms with E-state index >= 15 is 0 Å². The van der Waals surface area contributed by atoms with E-state index in [0.717, 1.165) is 36.3 Å². The van der Waals surface area contributed by atoms with Crippen molar-refractivity contribution in [1.82, 2.24) is 20.3 Å². The smallest absolute Gasteiger partial charge is 0.242 e. The summed E-state index contributed by atoms with van der Waals surface area (Å²) < 4.78 is 5.49. The number of aliphatic hydroxyl groups is 1. The van der Waals surface area contributed by atoms with E-state index in [0.29, 0.717) is 17.3 Å². The molecule has 1 aliphatic carbocycles. The van der Waals surface area contributed by atoms with Crippen LogP contribution in [0.4, 0.5) is 5.82 Å². The fraction of sp³-hybridized carbons (Fsp3) is 0.545. The van der Waals surface area contributed by atoms with Gasteiger partial charge in [-0.3, -0.25) is 9.78 Å². The molecule has 3 rings (SSSR count). The Morgan fingerprint density at radius 3 is 2.80 bits per heavy atom. The standard InChI is InChI=1S/C22H31N5O3/c1-14(21(29)26-22(2,3)4)27(5)20-16-7-6-8-17(16)24-19(25-20)18-13-15(9-10-23-18)30-12-11-28/h9-10,13-14,28H,6-8,11-12H2,1-5H3,(H,26,29). The number of nitrogens with one attached hydrogen (secondary N) is 1. The topological polar surface area (TPSA) is 100 Å². The van der Waals surface area contributed by atoms with E-state index in [4.69, 9.17) is 19.8 Å². The fourth-order valence-corrected chi connectivity index (χ4v) is 3.44. The fourth-order valence-electron chi connectivity index (χ4n) is 3.44. The predicted octanol–water partition coefficient (Wildman–Crippen LogP) is 2.14. The van der Waals surface area contributed by atoms with Gasteiger partial charge >= 0.3 is 0 Å². The van der Waals surface area contributed by atoms with Crippen LogP contribution in [-0.2, 0) is 17.6 Å². The quantitative estimate of drug-likeness (QED) is 0.717. The normalized spacial score (nSPS) is 14.2. The summed E-state index contributed by atoms with van der Waals surface area (Å²) in [6, 6.07) is 3.12. The number of nitrogens with zero attached hydrogens (tertiary/aromatic N) is 4. The van der Waals surface area contributed by atoms with Crippen molar-refractivity contribution in [2.75, 3.05) is 25.2 Å². The molecule has 1 unspecified atom stereocenters. The molecule has 2 N–H and O–H groups in total. The van der Waals surface area contributed by atoms with Crippen molar-refractivity contribution in [1.29, 1.82) is 0 Å². The first-order valence-corrected chi connectivity index (χ1v) is 10.3. The SMILES string of the molecule is CC(C(=O)NC(C)(C)C)N(C)c1nc(-c2cc(OCCO)ccn2)nc2c1CCC2. The number of carbonyl (C=O) groups is 1. The van der Waals surface area contributed by atoms with Crippen LogP contribution in [0.1, 0.15) is 45.4 Å². The maximum absolute atomic E-state index is 12.7. The number of aryl methyl sites for hydroxylation is 1. The third-order valence-corrected chi connectivity index (χ3v) is 5.02. The Morgan fingerprint density at radius 1 is 1.33 bits per heavy atom. The number of hydrogen-bond donors (Lipinski definition) is 2. The lowest BCUT2D eigenvalue weighted by Crippen LogP contribution is -2.50. The van der Waals surface area contributed by atoms with Gasteiger partial charge in [-0.25, -0.2) is 9.97 Å². The number of hydrogen-bond acceptors (Lipinski definition) is 7. The highest BCUT2D eigenvalue weighted by atomic mass is 16.5. The molecule has 8 heteroatoms. The Bertz CT molecular complexity index is 910. The van der Waals surface area contributed by atoms with Gasteiger partial charge in [0.1, 0.15) is 29.9 Å². The van der Waals surface area contributed by atoms with Gasteiger partial charge in [0.2, 0.25) is 5.91 Å². The molecular weight excluding hydrogens is 382 g/mol. The van der Waals surface area contributed by atoms with Crippen LogP contribution in [0.2, 0.25) is 0 Å². The van der Waals surface area contributed by atoms with Crippen LogP contribution in [0.5, 0.6) is 5.75 Å². The Morgan fingerprint density at radius 2 is 2.10 bits per heavy atom. The van der Waals surface area contributed by atoms with Gasteiger partial charge in [0.25, 0.3) is 0 Å². The summed E-state index contributed by atoms with van der Waals surface area (Å²) in [5, 5.41) is 12.0. The summed E-state index contributed by atoms with van der Waals surface area (Å²) >= 11 is 0. The Balaban J connectivity index is 1.94. The van der Waals surface area contributed by atoms with Gasteiger partial charge in [-0.15, -0.1) is 0 Å². The largest absolute Gasteiger partial charge is 0.491 e. The number of anilines is 1. The van der Waals surface area contributed by atoms with Gasteiger partial charge in [0, 0.05) is 36.1 Å². The number of amides is 1. The molecule has 0 radical (unpaired) electrons. The molecule has 1 aliphatic rings. The highest BCUT2D eigenvalue weighted by Gasteiger charge is 2.28. The first-order valence-electron chi connectivity index (χ1n) is 10.3. The van der Waals surface area contributed by atoms with Gasteiger partial charge in [0.15, 0.2) is 5.82 Å². The highest BCUT2D eigenvalue weighted by molar-refractivity contribution is 5.85. The number of fused-ring (bicyclic) bond motifs is 1. The van der Waals surface area contributed by atoms with E-state index in [2.05, 4.69) is 10.3 Å². The van der Waals surface area contributed by atoms with E-state index in [1.807, 2.05) is 39.6 Å². The van der Waals surface area contributed by atoms with Crippen LogP contribution in [-0.4, -0.2) is 57.8 Å². The monoisotopic (exact) mass is 413 g/mol. The minimum Gasteiger partial charge on any atom is -0.491 e. The van der Waals surface area contributed by atoms with Gasteiger partial charge < -0.3 is 20.1 Å². The molecule has 30 heavy (non-hydrogen) atoms. The molecule has 2 heterocycles. The second-order valence-electron chi connectivity index (χ2n) is 8.62. The van der Waals surface area contributed by atoms with Gasteiger partial charge in [0.05, 0.1) is 6.61 Å². The highest BCUT2D eigenvalue weighted by Crippen LogP contribution is 2.32. The second-order valence-corrected chi connectivity index (χ2v) is 8.62. The molecule has 0 bridgehead atoms. The minimum atomic E-state index is -0.385. The third kappa shape index (κ3) is 5.05. The zero-order valence-electron chi connectivity index (χ0n) is 18.4. The second kappa shape index (κ2) is 8.95. The van der Waals surface area contributed by atoms with Gasteiger partial charge in [-0.05, 0) is 53.0 Å². The van der Waals surface area contributed by atoms with Crippen LogP contribution in [0, 0.1) is 0 Å². The summed E-state index contributed by atoms with van der Waals surface area (Å²) in [4.78, 5) is 28.6. The van der Waals surface area contributed by atoms with E-state index < -0.39 is 0 Å². The summed E-state index contributed by atoms with van der Waals surface area (Å²) in [5.41, 5.74) is 2.41. The molecule has 0 saturated carbocycles. The lowest BCUT2D eigenvalue weighted by molar-refractivity contribution is -0.123. The van der Waals surface area contributed by atoms with Crippen molar-refractivity contribution >= 4 is 11.7 Å². The molecule has 8 nitrogen and oxygen atoms in total. The average Bonchev–Trinajstić information content (AvgIpc) is 3.18. The van der Waals surface area contributed by atoms with Crippen LogP contribution < -0.4 is 15.0 Å². The van der Waals surface area contributed by atoms with E-state index in [9.17, 15) is 4.79 Å². The summed E-state index contributed by atoms with van der Waals surface area (Å²) in [7, 11) is 1.89. The Kier molecular flexibility index (Phi) is 6.55. The molecule has 0 aromatic carbocycles. The summed E-state index contributed by atoms with van der Waals surface area (Å²) in [6.07, 6.45) is 4.44. The number of ether oxygens (including phenoxy) is 1.